The number of rotatable bonds is 3. The zero-order chi connectivity index (χ0) is 20.6. The highest BCUT2D eigenvalue weighted by atomic mass is 35.5. The van der Waals surface area contributed by atoms with Crippen LogP contribution in [0.15, 0.2) is 39.9 Å². The minimum atomic E-state index is -0.569. The first kappa shape index (κ1) is 19.3. The summed E-state index contributed by atoms with van der Waals surface area (Å²) in [6.07, 6.45) is 0. The molecule has 0 fully saturated rings. The molecule has 10 heteroatoms. The maximum absolute atomic E-state index is 12.6. The van der Waals surface area contributed by atoms with Gasteiger partial charge in [0, 0.05) is 26.8 Å². The molecule has 0 bridgehead atoms. The molecule has 2 amide bonds. The van der Waals surface area contributed by atoms with E-state index in [9.17, 15) is 19.2 Å². The highest BCUT2D eigenvalue weighted by Crippen LogP contribution is 2.21. The third-order valence-electron chi connectivity index (χ3n) is 4.23. The number of aromatic nitrogens is 3. The van der Waals surface area contributed by atoms with E-state index in [1.165, 1.54) is 50.0 Å². The number of anilines is 1. The molecule has 3 rings (SSSR count). The summed E-state index contributed by atoms with van der Waals surface area (Å²) in [5.41, 5.74) is -0.386. The number of hydrogen-bond acceptors (Lipinski definition) is 5. The van der Waals surface area contributed by atoms with Gasteiger partial charge in [0.1, 0.15) is 11.3 Å². The van der Waals surface area contributed by atoms with Gasteiger partial charge in [0.25, 0.3) is 17.4 Å². The largest absolute Gasteiger partial charge is 0.355 e. The molecule has 2 heterocycles. The Morgan fingerprint density at radius 1 is 1.04 bits per heavy atom. The number of aryl methyl sites for hydroxylation is 1. The van der Waals surface area contributed by atoms with Gasteiger partial charge in [-0.25, -0.2) is 9.78 Å². The molecule has 0 saturated heterocycles. The van der Waals surface area contributed by atoms with Gasteiger partial charge in [0.15, 0.2) is 0 Å². The molecule has 0 aliphatic rings. The van der Waals surface area contributed by atoms with Crippen LogP contribution in [-0.2, 0) is 14.1 Å². The number of fused-ring (bicyclic) bond motifs is 1. The number of carbonyl (C=O) groups excluding carboxylic acids is 2. The number of carbonyl (C=O) groups is 2. The Morgan fingerprint density at radius 2 is 1.75 bits per heavy atom. The van der Waals surface area contributed by atoms with Crippen molar-refractivity contribution >= 4 is 40.1 Å². The number of amides is 2. The average molecular weight is 402 g/mol. The van der Waals surface area contributed by atoms with Gasteiger partial charge in [-0.1, -0.05) is 11.6 Å². The molecule has 3 aromatic rings. The fourth-order valence-corrected chi connectivity index (χ4v) is 2.89. The van der Waals surface area contributed by atoms with Crippen molar-refractivity contribution < 1.29 is 9.59 Å². The molecule has 2 N–H and O–H groups in total. The highest BCUT2D eigenvalue weighted by molar-refractivity contribution is 6.34. The van der Waals surface area contributed by atoms with Crippen molar-refractivity contribution in [1.82, 2.24) is 19.4 Å². The first-order valence-electron chi connectivity index (χ1n) is 8.14. The smallest absolute Gasteiger partial charge is 0.332 e. The van der Waals surface area contributed by atoms with Crippen LogP contribution in [-0.4, -0.2) is 33.0 Å². The van der Waals surface area contributed by atoms with Crippen molar-refractivity contribution in [3.63, 3.8) is 0 Å². The van der Waals surface area contributed by atoms with E-state index in [0.717, 1.165) is 4.57 Å². The molecule has 0 aliphatic heterocycles. The number of benzene rings is 1. The molecule has 144 valence electrons. The number of hydrogen-bond donors (Lipinski definition) is 2. The predicted octanol–water partition coefficient (Wildman–Crippen LogP) is 0.897. The molecule has 0 atom stereocenters. The Labute approximate surface area is 163 Å². The van der Waals surface area contributed by atoms with Gasteiger partial charge < -0.3 is 10.6 Å². The maximum atomic E-state index is 12.6. The lowest BCUT2D eigenvalue weighted by atomic mass is 10.2. The fourth-order valence-electron chi connectivity index (χ4n) is 2.69. The first-order valence-corrected chi connectivity index (χ1v) is 8.52. The normalized spacial score (nSPS) is 10.7. The third kappa shape index (κ3) is 3.27. The molecular weight excluding hydrogens is 386 g/mol. The maximum Gasteiger partial charge on any atom is 0.332 e. The van der Waals surface area contributed by atoms with Crippen molar-refractivity contribution in [3.8, 4) is 0 Å². The van der Waals surface area contributed by atoms with E-state index in [-0.39, 0.29) is 27.3 Å². The second-order valence-electron chi connectivity index (χ2n) is 6.00. The van der Waals surface area contributed by atoms with E-state index in [0.29, 0.717) is 5.69 Å². The monoisotopic (exact) mass is 401 g/mol. The van der Waals surface area contributed by atoms with E-state index >= 15 is 0 Å². The van der Waals surface area contributed by atoms with Crippen LogP contribution >= 0.6 is 11.6 Å². The standard InChI is InChI=1S/C18H16ClN5O4/c1-20-15(25)11-8-9(4-6-12(11)19)21-16(26)13-7-5-10-14(22-13)23(2)18(28)24(3)17(10)27/h4-8H,1-3H3,(H,20,25)(H,21,26). The van der Waals surface area contributed by atoms with Crippen molar-refractivity contribution in [2.45, 2.75) is 0 Å². The van der Waals surface area contributed by atoms with Crippen LogP contribution in [0.3, 0.4) is 0 Å². The summed E-state index contributed by atoms with van der Waals surface area (Å²) in [4.78, 5) is 52.8. The van der Waals surface area contributed by atoms with Gasteiger partial charge in [-0.2, -0.15) is 0 Å². The summed E-state index contributed by atoms with van der Waals surface area (Å²) in [6.45, 7) is 0. The topological polar surface area (TPSA) is 115 Å². The Bertz CT molecular complexity index is 1250. The third-order valence-corrected chi connectivity index (χ3v) is 4.56. The summed E-state index contributed by atoms with van der Waals surface area (Å²) < 4.78 is 2.16. The Kier molecular flexibility index (Phi) is 5.02. The van der Waals surface area contributed by atoms with Crippen molar-refractivity contribution in [3.05, 3.63) is 67.4 Å². The van der Waals surface area contributed by atoms with Crippen LogP contribution in [0.5, 0.6) is 0 Å². The van der Waals surface area contributed by atoms with Crippen LogP contribution in [0.1, 0.15) is 20.8 Å². The number of nitrogens with zero attached hydrogens (tertiary/aromatic N) is 3. The van der Waals surface area contributed by atoms with Gasteiger partial charge in [0.2, 0.25) is 0 Å². The van der Waals surface area contributed by atoms with E-state index in [2.05, 4.69) is 15.6 Å². The average Bonchev–Trinajstić information content (AvgIpc) is 2.70. The lowest BCUT2D eigenvalue weighted by Crippen LogP contribution is -2.37. The van der Waals surface area contributed by atoms with Gasteiger partial charge >= 0.3 is 5.69 Å². The molecule has 2 aromatic heterocycles. The molecule has 0 saturated carbocycles. The second-order valence-corrected chi connectivity index (χ2v) is 6.41. The van der Waals surface area contributed by atoms with Gasteiger partial charge in [-0.05, 0) is 30.3 Å². The van der Waals surface area contributed by atoms with E-state index < -0.39 is 23.1 Å². The molecule has 28 heavy (non-hydrogen) atoms. The van der Waals surface area contributed by atoms with Crippen LogP contribution in [0, 0.1) is 0 Å². The molecule has 1 aromatic carbocycles. The number of pyridine rings is 1. The van der Waals surface area contributed by atoms with Crippen molar-refractivity contribution in [2.24, 2.45) is 14.1 Å². The van der Waals surface area contributed by atoms with E-state index in [1.807, 2.05) is 0 Å². The van der Waals surface area contributed by atoms with E-state index in [1.54, 1.807) is 6.07 Å². The zero-order valence-corrected chi connectivity index (χ0v) is 16.0. The SMILES string of the molecule is CNC(=O)c1cc(NC(=O)c2ccc3c(=O)n(C)c(=O)n(C)c3n2)ccc1Cl. The highest BCUT2D eigenvalue weighted by Gasteiger charge is 2.15. The van der Waals surface area contributed by atoms with Gasteiger partial charge in [-0.3, -0.25) is 23.5 Å². The molecule has 9 nitrogen and oxygen atoms in total. The van der Waals surface area contributed by atoms with Crippen LogP contribution < -0.4 is 21.9 Å². The van der Waals surface area contributed by atoms with Crippen LogP contribution in [0.25, 0.3) is 11.0 Å². The molecular formula is C18H16ClN5O4. The lowest BCUT2D eigenvalue weighted by molar-refractivity contribution is 0.0961. The Morgan fingerprint density at radius 3 is 2.43 bits per heavy atom. The van der Waals surface area contributed by atoms with Gasteiger partial charge in [-0.15, -0.1) is 0 Å². The van der Waals surface area contributed by atoms with Gasteiger partial charge in [0.05, 0.1) is 16.0 Å². The number of halogens is 1. The second kappa shape index (κ2) is 7.28. The molecule has 0 radical (unpaired) electrons. The first-order chi connectivity index (χ1) is 13.2. The van der Waals surface area contributed by atoms with E-state index in [4.69, 9.17) is 11.6 Å². The summed E-state index contributed by atoms with van der Waals surface area (Å²) >= 11 is 6.00. The Hall–Kier alpha value is -3.46. The summed E-state index contributed by atoms with van der Waals surface area (Å²) in [6, 6.07) is 7.30. The summed E-state index contributed by atoms with van der Waals surface area (Å²) in [5.74, 6) is -0.962. The minimum Gasteiger partial charge on any atom is -0.355 e. The lowest BCUT2D eigenvalue weighted by Gasteiger charge is -2.10. The molecule has 0 aliphatic carbocycles. The van der Waals surface area contributed by atoms with Crippen molar-refractivity contribution in [2.75, 3.05) is 12.4 Å². The zero-order valence-electron chi connectivity index (χ0n) is 15.2. The predicted molar refractivity (Wildman–Crippen MR) is 105 cm³/mol. The van der Waals surface area contributed by atoms with Crippen LogP contribution in [0.4, 0.5) is 5.69 Å². The van der Waals surface area contributed by atoms with Crippen molar-refractivity contribution in [1.29, 1.82) is 0 Å². The summed E-state index contributed by atoms with van der Waals surface area (Å²) in [7, 11) is 4.31. The Balaban J connectivity index is 2.00. The molecule has 0 unspecified atom stereocenters. The summed E-state index contributed by atoms with van der Waals surface area (Å²) in [5, 5.41) is 5.54. The minimum absolute atomic E-state index is 0.00666. The quantitative estimate of drug-likeness (QED) is 0.676. The fraction of sp³-hybridized carbons (Fsp3) is 0.167. The van der Waals surface area contributed by atoms with Crippen LogP contribution in [0.2, 0.25) is 5.02 Å². The molecule has 0 spiro atoms. The number of nitrogens with one attached hydrogen (secondary N) is 2.